The van der Waals surface area contributed by atoms with Crippen molar-refractivity contribution >= 4 is 51.6 Å². The molecule has 0 saturated heterocycles. The van der Waals surface area contributed by atoms with E-state index in [1.165, 1.54) is 32.3 Å². The summed E-state index contributed by atoms with van der Waals surface area (Å²) < 4.78 is 41.1. The molecule has 0 fully saturated rings. The summed E-state index contributed by atoms with van der Waals surface area (Å²) in [6.07, 6.45) is 0.273. The Morgan fingerprint density at radius 3 is 1.74 bits per heavy atom. The molecule has 0 aliphatic carbocycles. The zero-order valence-corrected chi connectivity index (χ0v) is 42.8. The predicted molar refractivity (Wildman–Crippen MR) is 293 cm³/mol. The van der Waals surface area contributed by atoms with E-state index < -0.39 is 20.2 Å². The molecule has 0 saturated carbocycles. The number of benzene rings is 9. The number of methoxy groups -OCH3 is 2. The molecule has 0 aliphatic rings. The molecule has 0 aromatic heterocycles. The number of ether oxygens (including phenoxy) is 4. The largest absolute Gasteiger partial charge is 0.497 e. The molecule has 9 heteroatoms. The normalized spacial score (nSPS) is 12.7. The molecule has 0 spiro atoms. The maximum Gasteiger partial charge on any atom is 0.259 e. The van der Waals surface area contributed by atoms with E-state index in [2.05, 4.69) is 178 Å². The van der Waals surface area contributed by atoms with Crippen LogP contribution < -0.4 is 9.47 Å². The highest BCUT2D eigenvalue weighted by Crippen LogP contribution is 2.49. The fraction of sp³-hybridized carbons (Fsp3) is 0.254. The minimum atomic E-state index is -1.61. The van der Waals surface area contributed by atoms with E-state index in [4.69, 9.17) is 28.0 Å². The molecule has 8 nitrogen and oxygen atoms in total. The highest BCUT2D eigenvalue weighted by molar-refractivity contribution is 7.44. The van der Waals surface area contributed by atoms with E-state index in [9.17, 15) is 5.26 Å². The first-order chi connectivity index (χ1) is 35.2. The standard InChI is InChI=1S/C63H61N2O6P/c1-44(2)65(45(3)4)72(70-40-13-39-64)71-57(43-69-63(52-16-8-7-9-17-52,53-29-33-55(66-5)34-30-53)54-31-35-56(67-6)36-32-54)38-41-68-42-51-27-23-46(58-18-10-11-19-59(51)58)20-21-47-22-24-50-26-25-48-14-12-15-49-28-37-60(47)62(50)61(48)49/h7-12,14-19,22-37,44-45,57H,13,38,40-43H2,1-6H3/t57-,72?/m0/s1. The quantitative estimate of drug-likeness (QED) is 0.0232. The third kappa shape index (κ3) is 10.7. The minimum absolute atomic E-state index is 0.111. The number of nitriles is 1. The van der Waals surface area contributed by atoms with Crippen molar-refractivity contribution in [3.05, 3.63) is 203 Å². The Bertz CT molecular complexity index is 3270. The molecule has 0 heterocycles. The van der Waals surface area contributed by atoms with Crippen LogP contribution in [-0.4, -0.2) is 56.9 Å². The first-order valence-electron chi connectivity index (χ1n) is 24.7. The van der Waals surface area contributed by atoms with Crippen molar-refractivity contribution in [2.75, 3.05) is 34.0 Å². The molecule has 2 atom stereocenters. The van der Waals surface area contributed by atoms with E-state index >= 15 is 0 Å². The van der Waals surface area contributed by atoms with Crippen molar-refractivity contribution in [1.29, 1.82) is 5.26 Å². The molecule has 9 aromatic rings. The average molecular weight is 973 g/mol. The minimum Gasteiger partial charge on any atom is -0.497 e. The van der Waals surface area contributed by atoms with Gasteiger partial charge in [0.2, 0.25) is 0 Å². The van der Waals surface area contributed by atoms with E-state index in [0.717, 1.165) is 55.7 Å². The lowest BCUT2D eigenvalue weighted by Crippen LogP contribution is -2.38. The number of nitrogens with zero attached hydrogens (tertiary/aromatic N) is 2. The van der Waals surface area contributed by atoms with E-state index in [-0.39, 0.29) is 31.7 Å². The van der Waals surface area contributed by atoms with Gasteiger partial charge in [-0.15, -0.1) is 0 Å². The summed E-state index contributed by atoms with van der Waals surface area (Å²) in [7, 11) is 1.72. The van der Waals surface area contributed by atoms with Crippen LogP contribution >= 0.6 is 8.53 Å². The second-order valence-electron chi connectivity index (χ2n) is 18.5. The van der Waals surface area contributed by atoms with Crippen molar-refractivity contribution in [1.82, 2.24) is 4.67 Å². The third-order valence-corrected chi connectivity index (χ3v) is 15.5. The van der Waals surface area contributed by atoms with Crippen molar-refractivity contribution in [2.45, 2.75) is 70.9 Å². The molecule has 1 unspecified atom stereocenters. The van der Waals surface area contributed by atoms with Crippen LogP contribution in [0, 0.1) is 23.2 Å². The van der Waals surface area contributed by atoms with Crippen molar-refractivity contribution in [2.24, 2.45) is 0 Å². The first-order valence-corrected chi connectivity index (χ1v) is 25.9. The van der Waals surface area contributed by atoms with Gasteiger partial charge in [-0.05, 0) is 136 Å². The maximum atomic E-state index is 9.52. The molecule has 9 rings (SSSR count). The molecular weight excluding hydrogens is 912 g/mol. The zero-order chi connectivity index (χ0) is 50.0. The monoisotopic (exact) mass is 972 g/mol. The van der Waals surface area contributed by atoms with Gasteiger partial charge in [-0.2, -0.15) is 5.26 Å². The highest BCUT2D eigenvalue weighted by atomic mass is 31.2. The SMILES string of the molecule is COc1ccc(C(OC[C@H](CCOCc2ccc(C#Cc3ccc4ccc5cccc6ccc3c4c56)c3ccccc23)OP(OCCC#N)N(C(C)C)C(C)C)(c2ccccc2)c2ccc(OC)cc2)cc1. The molecule has 0 radical (unpaired) electrons. The van der Waals surface area contributed by atoms with Crippen LogP contribution in [0.5, 0.6) is 11.5 Å². The van der Waals surface area contributed by atoms with Crippen LogP contribution in [-0.2, 0) is 30.7 Å². The van der Waals surface area contributed by atoms with Crippen molar-refractivity contribution < 1.29 is 28.0 Å². The second-order valence-corrected chi connectivity index (χ2v) is 19.9. The Morgan fingerprint density at radius 2 is 1.11 bits per heavy atom. The Hall–Kier alpha value is -6.84. The van der Waals surface area contributed by atoms with Gasteiger partial charge in [0.1, 0.15) is 17.1 Å². The van der Waals surface area contributed by atoms with Crippen molar-refractivity contribution in [3.8, 4) is 29.4 Å². The molecule has 0 bridgehead atoms. The summed E-state index contributed by atoms with van der Waals surface area (Å²) in [5, 5.41) is 19.1. The van der Waals surface area contributed by atoms with Gasteiger partial charge in [-0.3, -0.25) is 0 Å². The number of hydrogen-bond donors (Lipinski definition) is 0. The third-order valence-electron chi connectivity index (χ3n) is 13.3. The molecule has 364 valence electrons. The lowest BCUT2D eigenvalue weighted by Gasteiger charge is -2.39. The molecule has 0 amide bonds. The molecule has 0 N–H and O–H groups in total. The van der Waals surface area contributed by atoms with Gasteiger partial charge in [0.25, 0.3) is 8.53 Å². The summed E-state index contributed by atoms with van der Waals surface area (Å²) in [6.45, 7) is 9.77. The lowest BCUT2D eigenvalue weighted by atomic mass is 9.80. The molecule has 72 heavy (non-hydrogen) atoms. The average Bonchev–Trinajstić information content (AvgIpc) is 3.41. The molecular formula is C63H61N2O6P. The fourth-order valence-electron chi connectivity index (χ4n) is 9.85. The van der Waals surface area contributed by atoms with Crippen LogP contribution in [0.25, 0.3) is 43.1 Å². The fourth-order valence-corrected chi connectivity index (χ4v) is 11.6. The zero-order valence-electron chi connectivity index (χ0n) is 41.9. The van der Waals surface area contributed by atoms with Gasteiger partial charge in [0.05, 0.1) is 52.6 Å². The van der Waals surface area contributed by atoms with Gasteiger partial charge in [0.15, 0.2) is 0 Å². The summed E-state index contributed by atoms with van der Waals surface area (Å²) in [5.74, 6) is 8.60. The Kier molecular flexibility index (Phi) is 16.1. The summed E-state index contributed by atoms with van der Waals surface area (Å²) in [5.41, 5.74) is 4.77. The summed E-state index contributed by atoms with van der Waals surface area (Å²) in [6, 6.07) is 61.1. The number of rotatable bonds is 21. The van der Waals surface area contributed by atoms with Crippen LogP contribution in [0.4, 0.5) is 0 Å². The van der Waals surface area contributed by atoms with Gasteiger partial charge < -0.3 is 28.0 Å². The van der Waals surface area contributed by atoms with Crippen LogP contribution in [0.2, 0.25) is 0 Å². The van der Waals surface area contributed by atoms with Crippen LogP contribution in [0.15, 0.2) is 170 Å². The topological polar surface area (TPSA) is 82.4 Å². The Morgan fingerprint density at radius 1 is 0.556 bits per heavy atom. The molecule has 9 aromatic carbocycles. The van der Waals surface area contributed by atoms with Crippen molar-refractivity contribution in [3.63, 3.8) is 0 Å². The van der Waals surface area contributed by atoms with Crippen LogP contribution in [0.3, 0.4) is 0 Å². The van der Waals surface area contributed by atoms with Gasteiger partial charge in [0, 0.05) is 29.8 Å². The molecule has 0 aliphatic heterocycles. The number of hydrogen-bond acceptors (Lipinski definition) is 8. The maximum absolute atomic E-state index is 9.52. The summed E-state index contributed by atoms with van der Waals surface area (Å²) in [4.78, 5) is 0. The first kappa shape index (κ1) is 50.1. The lowest BCUT2D eigenvalue weighted by molar-refractivity contribution is -0.0433. The number of fused-ring (bicyclic) bond motifs is 1. The smallest absolute Gasteiger partial charge is 0.259 e. The van der Waals surface area contributed by atoms with Gasteiger partial charge in [-0.25, -0.2) is 4.67 Å². The van der Waals surface area contributed by atoms with E-state index in [0.29, 0.717) is 19.6 Å². The summed E-state index contributed by atoms with van der Waals surface area (Å²) >= 11 is 0. The Labute approximate surface area is 425 Å². The predicted octanol–water partition coefficient (Wildman–Crippen LogP) is 14.7. The van der Waals surface area contributed by atoms with Gasteiger partial charge in [-0.1, -0.05) is 145 Å². The van der Waals surface area contributed by atoms with Gasteiger partial charge >= 0.3 is 0 Å². The highest BCUT2D eigenvalue weighted by Gasteiger charge is 2.40. The van der Waals surface area contributed by atoms with E-state index in [1.807, 2.05) is 42.5 Å². The van der Waals surface area contributed by atoms with Crippen LogP contribution in [0.1, 0.15) is 73.9 Å². The second kappa shape index (κ2) is 23.1. The Balaban J connectivity index is 1.01. The van der Waals surface area contributed by atoms with E-state index in [1.54, 1.807) is 14.2 Å².